The van der Waals surface area contributed by atoms with Crippen LogP contribution in [-0.4, -0.2) is 30.0 Å². The summed E-state index contributed by atoms with van der Waals surface area (Å²) in [5.41, 5.74) is 0.791. The molecule has 0 amide bonds. The Morgan fingerprint density at radius 3 is 2.85 bits per heavy atom. The topological polar surface area (TPSA) is 76.8 Å². The first-order valence-corrected chi connectivity index (χ1v) is 6.51. The van der Waals surface area contributed by atoms with Crippen molar-refractivity contribution in [2.75, 3.05) is 19.8 Å². The van der Waals surface area contributed by atoms with Crippen LogP contribution in [0, 0.1) is 0 Å². The molecule has 1 aliphatic heterocycles. The number of benzene rings is 1. The van der Waals surface area contributed by atoms with E-state index in [1.165, 1.54) is 0 Å². The average molecular weight is 276 g/mol. The quantitative estimate of drug-likeness (QED) is 0.856. The minimum absolute atomic E-state index is 0.417. The molecule has 106 valence electrons. The van der Waals surface area contributed by atoms with Gasteiger partial charge in [0.1, 0.15) is 19.0 Å². The molecule has 2 aromatic rings. The normalized spacial score (nSPS) is 15.1. The highest BCUT2D eigenvalue weighted by atomic mass is 16.6. The lowest BCUT2D eigenvalue weighted by molar-refractivity contribution is 0.162. The molecule has 0 saturated carbocycles. The summed E-state index contributed by atoms with van der Waals surface area (Å²) in [6, 6.07) is 7.26. The number of aliphatic hydroxyl groups is 1. The Kier molecular flexibility index (Phi) is 3.85. The van der Waals surface area contributed by atoms with Gasteiger partial charge in [0.05, 0.1) is 18.8 Å². The van der Waals surface area contributed by atoms with Crippen molar-refractivity contribution in [1.29, 1.82) is 0 Å². The number of nitrogens with one attached hydrogen (secondary N) is 1. The standard InChI is InChI=1S/C14H16N2O4/c17-12(9-15-8-11-3-4-16-20-11)10-1-2-13-14(7-10)19-6-5-18-13/h1-4,7,12,15,17H,5-6,8-9H2. The minimum atomic E-state index is -0.617. The molecule has 0 saturated heterocycles. The molecule has 1 atom stereocenters. The lowest BCUT2D eigenvalue weighted by Gasteiger charge is -2.20. The first kappa shape index (κ1) is 13.0. The summed E-state index contributed by atoms with van der Waals surface area (Å²) in [4.78, 5) is 0. The van der Waals surface area contributed by atoms with E-state index >= 15 is 0 Å². The average Bonchev–Trinajstić information content (AvgIpc) is 3.00. The fourth-order valence-electron chi connectivity index (χ4n) is 2.05. The molecule has 0 radical (unpaired) electrons. The van der Waals surface area contributed by atoms with E-state index in [1.54, 1.807) is 12.3 Å². The maximum Gasteiger partial charge on any atom is 0.161 e. The van der Waals surface area contributed by atoms with Gasteiger partial charge in [0.2, 0.25) is 0 Å². The van der Waals surface area contributed by atoms with Crippen molar-refractivity contribution < 1.29 is 19.1 Å². The fourth-order valence-corrected chi connectivity index (χ4v) is 2.05. The summed E-state index contributed by atoms with van der Waals surface area (Å²) in [7, 11) is 0. The molecule has 0 spiro atoms. The van der Waals surface area contributed by atoms with Crippen LogP contribution < -0.4 is 14.8 Å². The Labute approximate surface area is 116 Å². The Bertz CT molecular complexity index is 556. The molecule has 6 heteroatoms. The molecule has 0 bridgehead atoms. The highest BCUT2D eigenvalue weighted by molar-refractivity contribution is 5.44. The molecule has 0 fully saturated rings. The van der Waals surface area contributed by atoms with E-state index in [1.807, 2.05) is 18.2 Å². The zero-order valence-electron chi connectivity index (χ0n) is 10.9. The number of hydrogen-bond acceptors (Lipinski definition) is 6. The summed E-state index contributed by atoms with van der Waals surface area (Å²) in [6.07, 6.45) is 0.975. The zero-order chi connectivity index (χ0) is 13.8. The summed E-state index contributed by atoms with van der Waals surface area (Å²) in [6.45, 7) is 2.05. The van der Waals surface area contributed by atoms with Gasteiger partial charge >= 0.3 is 0 Å². The van der Waals surface area contributed by atoms with Crippen molar-refractivity contribution in [3.8, 4) is 11.5 Å². The van der Waals surface area contributed by atoms with Crippen molar-refractivity contribution in [3.05, 3.63) is 41.8 Å². The van der Waals surface area contributed by atoms with Crippen LogP contribution in [0.2, 0.25) is 0 Å². The van der Waals surface area contributed by atoms with Crippen LogP contribution in [0.25, 0.3) is 0 Å². The third-order valence-electron chi connectivity index (χ3n) is 3.08. The van der Waals surface area contributed by atoms with E-state index in [9.17, 15) is 5.11 Å². The predicted octanol–water partition coefficient (Wildman–Crippen LogP) is 1.27. The number of ether oxygens (including phenoxy) is 2. The van der Waals surface area contributed by atoms with Crippen molar-refractivity contribution in [2.24, 2.45) is 0 Å². The molecule has 3 rings (SSSR count). The Morgan fingerprint density at radius 1 is 1.20 bits per heavy atom. The number of fused-ring (bicyclic) bond motifs is 1. The van der Waals surface area contributed by atoms with Crippen molar-refractivity contribution >= 4 is 0 Å². The second-order valence-electron chi connectivity index (χ2n) is 4.53. The number of nitrogens with zero attached hydrogens (tertiary/aromatic N) is 1. The van der Waals surface area contributed by atoms with Gasteiger partial charge in [-0.15, -0.1) is 0 Å². The van der Waals surface area contributed by atoms with Crippen LogP contribution in [0.1, 0.15) is 17.4 Å². The van der Waals surface area contributed by atoms with Crippen LogP contribution in [0.15, 0.2) is 35.0 Å². The second kappa shape index (κ2) is 5.94. The third-order valence-corrected chi connectivity index (χ3v) is 3.08. The van der Waals surface area contributed by atoms with Gasteiger partial charge in [-0.1, -0.05) is 11.2 Å². The zero-order valence-corrected chi connectivity index (χ0v) is 10.9. The summed E-state index contributed by atoms with van der Waals surface area (Å²) in [5, 5.41) is 16.9. The molecule has 2 heterocycles. The molecule has 1 unspecified atom stereocenters. The number of rotatable bonds is 5. The van der Waals surface area contributed by atoms with Crippen LogP contribution in [0.4, 0.5) is 0 Å². The molecule has 20 heavy (non-hydrogen) atoms. The van der Waals surface area contributed by atoms with Crippen LogP contribution in [-0.2, 0) is 6.54 Å². The molecule has 1 aromatic heterocycles. The summed E-state index contributed by atoms with van der Waals surface area (Å²) < 4.78 is 15.9. The molecule has 0 aliphatic carbocycles. The van der Waals surface area contributed by atoms with Gasteiger partial charge in [0, 0.05) is 12.6 Å². The maximum atomic E-state index is 10.1. The van der Waals surface area contributed by atoms with E-state index in [0.717, 1.165) is 17.1 Å². The monoisotopic (exact) mass is 276 g/mol. The van der Waals surface area contributed by atoms with Crippen molar-refractivity contribution in [1.82, 2.24) is 10.5 Å². The number of aromatic nitrogens is 1. The van der Waals surface area contributed by atoms with Gasteiger partial charge in [-0.3, -0.25) is 0 Å². The lowest BCUT2D eigenvalue weighted by atomic mass is 10.1. The van der Waals surface area contributed by atoms with Crippen molar-refractivity contribution in [2.45, 2.75) is 12.6 Å². The fraction of sp³-hybridized carbons (Fsp3) is 0.357. The molecular formula is C14H16N2O4. The predicted molar refractivity (Wildman–Crippen MR) is 70.6 cm³/mol. The third kappa shape index (κ3) is 2.92. The first-order valence-electron chi connectivity index (χ1n) is 6.51. The second-order valence-corrected chi connectivity index (χ2v) is 4.53. The van der Waals surface area contributed by atoms with Gasteiger partial charge in [0.15, 0.2) is 11.5 Å². The van der Waals surface area contributed by atoms with Gasteiger partial charge < -0.3 is 24.4 Å². The van der Waals surface area contributed by atoms with Gasteiger partial charge in [-0.2, -0.15) is 0 Å². The highest BCUT2D eigenvalue weighted by Crippen LogP contribution is 2.32. The Balaban J connectivity index is 1.57. The van der Waals surface area contributed by atoms with Crippen LogP contribution in [0.5, 0.6) is 11.5 Å². The van der Waals surface area contributed by atoms with Gasteiger partial charge in [-0.05, 0) is 17.7 Å². The minimum Gasteiger partial charge on any atom is -0.486 e. The molecule has 6 nitrogen and oxygen atoms in total. The van der Waals surface area contributed by atoms with Gasteiger partial charge in [-0.25, -0.2) is 0 Å². The van der Waals surface area contributed by atoms with E-state index in [2.05, 4.69) is 10.5 Å². The molecular weight excluding hydrogens is 260 g/mol. The summed E-state index contributed by atoms with van der Waals surface area (Å²) in [5.74, 6) is 2.14. The first-order chi connectivity index (χ1) is 9.83. The smallest absolute Gasteiger partial charge is 0.161 e. The number of aliphatic hydroxyl groups excluding tert-OH is 1. The molecule has 1 aliphatic rings. The van der Waals surface area contributed by atoms with Crippen LogP contribution >= 0.6 is 0 Å². The molecule has 2 N–H and O–H groups in total. The maximum absolute atomic E-state index is 10.1. The van der Waals surface area contributed by atoms with Gasteiger partial charge in [0.25, 0.3) is 0 Å². The van der Waals surface area contributed by atoms with E-state index in [-0.39, 0.29) is 0 Å². The van der Waals surface area contributed by atoms with E-state index < -0.39 is 6.10 Å². The Morgan fingerprint density at radius 2 is 2.05 bits per heavy atom. The molecule has 1 aromatic carbocycles. The van der Waals surface area contributed by atoms with E-state index in [4.69, 9.17) is 14.0 Å². The Hall–Kier alpha value is -2.05. The SMILES string of the molecule is OC(CNCc1ccno1)c1ccc2c(c1)OCCO2. The summed E-state index contributed by atoms with van der Waals surface area (Å²) >= 11 is 0. The van der Waals surface area contributed by atoms with Crippen LogP contribution in [0.3, 0.4) is 0 Å². The number of hydrogen-bond donors (Lipinski definition) is 2. The highest BCUT2D eigenvalue weighted by Gasteiger charge is 2.15. The van der Waals surface area contributed by atoms with Crippen molar-refractivity contribution in [3.63, 3.8) is 0 Å². The van der Waals surface area contributed by atoms with E-state index in [0.29, 0.717) is 32.1 Å². The largest absolute Gasteiger partial charge is 0.486 e. The lowest BCUT2D eigenvalue weighted by Crippen LogP contribution is -2.21.